The summed E-state index contributed by atoms with van der Waals surface area (Å²) in [6, 6.07) is 18.0. The van der Waals surface area contributed by atoms with Gasteiger partial charge in [-0.15, -0.1) is 47.0 Å². The lowest BCUT2D eigenvalue weighted by Crippen LogP contribution is -2.41. The Hall–Kier alpha value is -2.68. The van der Waals surface area contributed by atoms with Crippen molar-refractivity contribution in [3.8, 4) is 0 Å². The van der Waals surface area contributed by atoms with Crippen molar-refractivity contribution in [1.82, 2.24) is 9.80 Å². The maximum Gasteiger partial charge on any atom is 0.410 e. The van der Waals surface area contributed by atoms with Crippen molar-refractivity contribution in [3.05, 3.63) is 71.8 Å². The van der Waals surface area contributed by atoms with Gasteiger partial charge in [0.25, 0.3) is 0 Å². The van der Waals surface area contributed by atoms with E-state index in [0.717, 1.165) is 34.1 Å². The van der Waals surface area contributed by atoms with E-state index in [1.165, 1.54) is 27.1 Å². The maximum atomic E-state index is 12.6. The van der Waals surface area contributed by atoms with Gasteiger partial charge >= 0.3 is 24.1 Å². The second-order valence-corrected chi connectivity index (χ2v) is 18.2. The maximum absolute atomic E-state index is 12.6. The molecule has 4 saturated heterocycles. The predicted octanol–water partition coefficient (Wildman–Crippen LogP) is 6.27. The van der Waals surface area contributed by atoms with Gasteiger partial charge in [-0.2, -0.15) is 0 Å². The second-order valence-electron chi connectivity index (χ2n) is 11.7. The number of benzene rings is 2. The van der Waals surface area contributed by atoms with Gasteiger partial charge in [0.1, 0.15) is 25.3 Å². The average molecular weight is 735 g/mol. The van der Waals surface area contributed by atoms with Crippen LogP contribution in [0.25, 0.3) is 0 Å². The van der Waals surface area contributed by atoms with Crippen molar-refractivity contribution < 1.29 is 38.1 Å². The molecule has 0 aliphatic carbocycles. The van der Waals surface area contributed by atoms with Gasteiger partial charge < -0.3 is 18.9 Å². The lowest BCUT2D eigenvalue weighted by Gasteiger charge is -2.31. The van der Waals surface area contributed by atoms with Crippen LogP contribution in [-0.4, -0.2) is 104 Å². The topological polar surface area (TPSA) is 112 Å². The van der Waals surface area contributed by atoms with Crippen LogP contribution in [-0.2, 0) is 41.8 Å². The van der Waals surface area contributed by atoms with E-state index in [0.29, 0.717) is 25.9 Å². The molecule has 0 unspecified atom stereocenters. The average Bonchev–Trinajstić information content (AvgIpc) is 3.69. The first-order valence-electron chi connectivity index (χ1n) is 15.9. The Balaban J connectivity index is 0.000000188. The monoisotopic (exact) mass is 734 g/mol. The molecule has 0 bridgehead atoms. The Kier molecular flexibility index (Phi) is 13.2. The lowest BCUT2D eigenvalue weighted by molar-refractivity contribution is -0.146. The Bertz CT molecular complexity index is 1280. The van der Waals surface area contributed by atoms with E-state index in [9.17, 15) is 19.2 Å². The summed E-state index contributed by atoms with van der Waals surface area (Å²) in [7, 11) is 2.73. The number of methoxy groups -OCH3 is 2. The van der Waals surface area contributed by atoms with Crippen LogP contribution in [0.3, 0.4) is 0 Å². The Morgan fingerprint density at radius 2 is 0.979 bits per heavy atom. The number of carbonyl (C=O) groups excluding carboxylic acids is 4. The van der Waals surface area contributed by atoms with Crippen LogP contribution in [0.15, 0.2) is 60.7 Å². The number of likely N-dealkylation sites (tertiary alicyclic amines) is 2. The Morgan fingerprint density at radius 1 is 0.625 bits per heavy atom. The van der Waals surface area contributed by atoms with E-state index in [4.69, 9.17) is 18.9 Å². The van der Waals surface area contributed by atoms with Crippen molar-refractivity contribution >= 4 is 71.2 Å². The number of amides is 2. The van der Waals surface area contributed by atoms with E-state index in [1.807, 2.05) is 108 Å². The molecule has 0 aromatic heterocycles. The molecule has 2 aromatic rings. The highest BCUT2D eigenvalue weighted by Crippen LogP contribution is 2.51. The zero-order chi connectivity index (χ0) is 34.0. The van der Waals surface area contributed by atoms with Gasteiger partial charge in [0.15, 0.2) is 0 Å². The SMILES string of the molecule is COC(=O)[C@@H]1CC2(CN1C(=O)OCc1ccccc1)SCCCS2.COC(=O)[C@@H]1CC2(CN1C(=O)OCc1ccccc1)SCCCS2. The smallest absolute Gasteiger partial charge is 0.410 e. The minimum absolute atomic E-state index is 0.108. The molecule has 48 heavy (non-hydrogen) atoms. The second kappa shape index (κ2) is 17.3. The molecule has 2 spiro atoms. The van der Waals surface area contributed by atoms with Crippen molar-refractivity contribution in [3.63, 3.8) is 0 Å². The standard InChI is InChI=1S/2C17H21NO4S2/c2*1-21-15(19)14-10-17(23-8-5-9-24-17)12-18(14)16(20)22-11-13-6-3-2-4-7-13/h2*2-4,6-7,14H,5,8-12H2,1H3/t2*14-/m00/s1. The highest BCUT2D eigenvalue weighted by Gasteiger charge is 2.52. The minimum Gasteiger partial charge on any atom is -0.467 e. The Morgan fingerprint density at radius 3 is 1.31 bits per heavy atom. The number of esters is 2. The van der Waals surface area contributed by atoms with E-state index >= 15 is 0 Å². The molecule has 0 saturated carbocycles. The van der Waals surface area contributed by atoms with Gasteiger partial charge in [-0.1, -0.05) is 60.7 Å². The molecular formula is C34H42N2O8S4. The largest absolute Gasteiger partial charge is 0.467 e. The van der Waals surface area contributed by atoms with Crippen LogP contribution in [0.5, 0.6) is 0 Å². The van der Waals surface area contributed by atoms with Gasteiger partial charge in [0, 0.05) is 25.9 Å². The third-order valence-electron chi connectivity index (χ3n) is 8.45. The summed E-state index contributed by atoms with van der Waals surface area (Å²) in [6.45, 7) is 1.46. The van der Waals surface area contributed by atoms with Crippen molar-refractivity contribution in [2.24, 2.45) is 0 Å². The summed E-state index contributed by atoms with van der Waals surface area (Å²) >= 11 is 7.38. The molecule has 6 rings (SSSR count). The van der Waals surface area contributed by atoms with Gasteiger partial charge in [0.2, 0.25) is 0 Å². The lowest BCUT2D eigenvalue weighted by atomic mass is 10.2. The molecule has 4 aliphatic heterocycles. The third kappa shape index (κ3) is 9.30. The molecule has 4 heterocycles. The van der Waals surface area contributed by atoms with E-state index < -0.39 is 24.3 Å². The third-order valence-corrected chi connectivity index (χ3v) is 15.1. The summed E-state index contributed by atoms with van der Waals surface area (Å²) in [4.78, 5) is 52.5. The molecule has 10 nitrogen and oxygen atoms in total. The summed E-state index contributed by atoms with van der Waals surface area (Å²) < 4.78 is 20.5. The first-order chi connectivity index (χ1) is 23.3. The molecule has 4 aliphatic rings. The predicted molar refractivity (Wildman–Crippen MR) is 192 cm³/mol. The fourth-order valence-electron chi connectivity index (χ4n) is 6.01. The number of thioether (sulfide) groups is 4. The van der Waals surface area contributed by atoms with E-state index in [1.54, 1.807) is 9.80 Å². The fraction of sp³-hybridized carbons (Fsp3) is 0.529. The van der Waals surface area contributed by atoms with Gasteiger partial charge in [-0.3, -0.25) is 9.80 Å². The summed E-state index contributed by atoms with van der Waals surface area (Å²) in [6.07, 6.45) is 2.68. The van der Waals surface area contributed by atoms with Crippen LogP contribution < -0.4 is 0 Å². The highest BCUT2D eigenvalue weighted by atomic mass is 32.2. The van der Waals surface area contributed by atoms with Crippen LogP contribution >= 0.6 is 47.0 Å². The number of hydrogen-bond acceptors (Lipinski definition) is 12. The molecule has 260 valence electrons. The molecule has 4 fully saturated rings. The van der Waals surface area contributed by atoms with Crippen LogP contribution in [0, 0.1) is 0 Å². The van der Waals surface area contributed by atoms with Crippen molar-refractivity contribution in [1.29, 1.82) is 0 Å². The molecule has 0 radical (unpaired) electrons. The number of nitrogens with zero attached hydrogens (tertiary/aromatic N) is 2. The van der Waals surface area contributed by atoms with Crippen LogP contribution in [0.1, 0.15) is 36.8 Å². The normalized spacial score (nSPS) is 22.4. The number of rotatable bonds is 6. The van der Waals surface area contributed by atoms with Crippen LogP contribution in [0.2, 0.25) is 0 Å². The van der Waals surface area contributed by atoms with Crippen molar-refractivity contribution in [2.45, 2.75) is 59.1 Å². The zero-order valence-corrected chi connectivity index (χ0v) is 30.5. The molecule has 2 atom stereocenters. The summed E-state index contributed by atoms with van der Waals surface area (Å²) in [5.41, 5.74) is 1.85. The van der Waals surface area contributed by atoms with E-state index in [2.05, 4.69) is 0 Å². The molecule has 0 N–H and O–H groups in total. The summed E-state index contributed by atoms with van der Waals surface area (Å²) in [5.74, 6) is 3.52. The first-order valence-corrected chi connectivity index (χ1v) is 19.9. The van der Waals surface area contributed by atoms with E-state index in [-0.39, 0.29) is 33.3 Å². The number of hydrogen-bond donors (Lipinski definition) is 0. The molecule has 14 heteroatoms. The highest BCUT2D eigenvalue weighted by molar-refractivity contribution is 8.19. The van der Waals surface area contributed by atoms with Gasteiger partial charge in [0.05, 0.1) is 22.4 Å². The summed E-state index contributed by atoms with van der Waals surface area (Å²) in [5, 5.41) is 0. The molecule has 2 aromatic carbocycles. The molecular weight excluding hydrogens is 693 g/mol. The Labute approximate surface area is 299 Å². The fourth-order valence-corrected chi connectivity index (χ4v) is 12.7. The van der Waals surface area contributed by atoms with Gasteiger partial charge in [-0.05, 0) is 47.0 Å². The number of ether oxygens (including phenoxy) is 4. The number of carbonyl (C=O) groups is 4. The zero-order valence-electron chi connectivity index (χ0n) is 27.2. The quantitative estimate of drug-likeness (QED) is 0.246. The van der Waals surface area contributed by atoms with Gasteiger partial charge in [-0.25, -0.2) is 19.2 Å². The van der Waals surface area contributed by atoms with Crippen LogP contribution in [0.4, 0.5) is 9.59 Å². The van der Waals surface area contributed by atoms with Crippen molar-refractivity contribution in [2.75, 3.05) is 50.3 Å². The first kappa shape index (κ1) is 36.6. The minimum atomic E-state index is -0.559. The molecule has 2 amide bonds.